The van der Waals surface area contributed by atoms with Gasteiger partial charge in [-0.2, -0.15) is 0 Å². The summed E-state index contributed by atoms with van der Waals surface area (Å²) in [6.07, 6.45) is 1.05. The van der Waals surface area contributed by atoms with Crippen LogP contribution >= 0.6 is 0 Å². The standard InChI is InChI=1S/C13H21NO/c1-10(2)14-8-7-12-6-5-11(3)13(9-12)15-4/h5-6,9-10,14H,7-8H2,1-4H3. The van der Waals surface area contributed by atoms with E-state index in [2.05, 4.69) is 44.3 Å². The minimum atomic E-state index is 0.553. The Morgan fingerprint density at radius 2 is 2.07 bits per heavy atom. The van der Waals surface area contributed by atoms with E-state index in [9.17, 15) is 0 Å². The minimum Gasteiger partial charge on any atom is -0.496 e. The second-order valence-corrected chi connectivity index (χ2v) is 4.16. The number of methoxy groups -OCH3 is 1. The molecular formula is C13H21NO. The first-order chi connectivity index (χ1) is 7.13. The van der Waals surface area contributed by atoms with Gasteiger partial charge in [-0.3, -0.25) is 0 Å². The zero-order chi connectivity index (χ0) is 11.3. The van der Waals surface area contributed by atoms with Gasteiger partial charge in [0.05, 0.1) is 7.11 Å². The highest BCUT2D eigenvalue weighted by molar-refractivity contribution is 5.36. The van der Waals surface area contributed by atoms with Crippen molar-refractivity contribution in [1.29, 1.82) is 0 Å². The van der Waals surface area contributed by atoms with Gasteiger partial charge in [-0.05, 0) is 37.1 Å². The molecule has 0 heterocycles. The molecule has 15 heavy (non-hydrogen) atoms. The first-order valence-electron chi connectivity index (χ1n) is 5.50. The van der Waals surface area contributed by atoms with Crippen LogP contribution in [0.1, 0.15) is 25.0 Å². The van der Waals surface area contributed by atoms with Crippen LogP contribution in [0.3, 0.4) is 0 Å². The van der Waals surface area contributed by atoms with Crippen LogP contribution in [0.25, 0.3) is 0 Å². The van der Waals surface area contributed by atoms with Crippen molar-refractivity contribution in [3.05, 3.63) is 29.3 Å². The Balaban J connectivity index is 2.54. The van der Waals surface area contributed by atoms with Crippen LogP contribution in [0, 0.1) is 6.92 Å². The minimum absolute atomic E-state index is 0.553. The van der Waals surface area contributed by atoms with Crippen LogP contribution in [-0.2, 0) is 6.42 Å². The molecule has 0 unspecified atom stereocenters. The summed E-state index contributed by atoms with van der Waals surface area (Å²) in [4.78, 5) is 0. The van der Waals surface area contributed by atoms with Crippen molar-refractivity contribution >= 4 is 0 Å². The van der Waals surface area contributed by atoms with E-state index in [1.54, 1.807) is 7.11 Å². The van der Waals surface area contributed by atoms with Gasteiger partial charge in [0.2, 0.25) is 0 Å². The number of aryl methyl sites for hydroxylation is 1. The van der Waals surface area contributed by atoms with Gasteiger partial charge in [-0.1, -0.05) is 26.0 Å². The first-order valence-corrected chi connectivity index (χ1v) is 5.50. The fourth-order valence-corrected chi connectivity index (χ4v) is 1.53. The summed E-state index contributed by atoms with van der Waals surface area (Å²) in [5.41, 5.74) is 2.52. The van der Waals surface area contributed by atoms with E-state index in [1.165, 1.54) is 11.1 Å². The van der Waals surface area contributed by atoms with Crippen LogP contribution in [0.4, 0.5) is 0 Å². The molecule has 0 amide bonds. The molecule has 0 fully saturated rings. The molecule has 2 nitrogen and oxygen atoms in total. The molecule has 0 radical (unpaired) electrons. The van der Waals surface area contributed by atoms with Crippen LogP contribution < -0.4 is 10.1 Å². The Morgan fingerprint density at radius 3 is 2.67 bits per heavy atom. The Labute approximate surface area is 92.6 Å². The van der Waals surface area contributed by atoms with Gasteiger partial charge >= 0.3 is 0 Å². The molecule has 84 valence electrons. The first kappa shape index (κ1) is 12.1. The summed E-state index contributed by atoms with van der Waals surface area (Å²) in [6, 6.07) is 6.96. The molecule has 0 saturated carbocycles. The maximum Gasteiger partial charge on any atom is 0.122 e. The predicted octanol–water partition coefficient (Wildman–Crippen LogP) is 2.54. The van der Waals surface area contributed by atoms with E-state index in [-0.39, 0.29) is 0 Å². The average molecular weight is 207 g/mol. The molecule has 0 bridgehead atoms. The molecule has 1 aromatic rings. The molecule has 1 rings (SSSR count). The van der Waals surface area contributed by atoms with Gasteiger partial charge in [-0.25, -0.2) is 0 Å². The van der Waals surface area contributed by atoms with Crippen molar-refractivity contribution < 1.29 is 4.74 Å². The van der Waals surface area contributed by atoms with E-state index >= 15 is 0 Å². The predicted molar refractivity (Wildman–Crippen MR) is 64.6 cm³/mol. The van der Waals surface area contributed by atoms with Gasteiger partial charge in [0.15, 0.2) is 0 Å². The Kier molecular flexibility index (Phi) is 4.63. The van der Waals surface area contributed by atoms with Crippen molar-refractivity contribution in [2.24, 2.45) is 0 Å². The maximum atomic E-state index is 5.29. The summed E-state index contributed by atoms with van der Waals surface area (Å²) in [5.74, 6) is 0.983. The monoisotopic (exact) mass is 207 g/mol. The summed E-state index contributed by atoms with van der Waals surface area (Å²) in [7, 11) is 1.72. The number of nitrogens with one attached hydrogen (secondary N) is 1. The third-order valence-corrected chi connectivity index (χ3v) is 2.44. The van der Waals surface area contributed by atoms with Gasteiger partial charge in [0, 0.05) is 6.04 Å². The molecule has 1 N–H and O–H groups in total. The zero-order valence-electron chi connectivity index (χ0n) is 10.1. The van der Waals surface area contributed by atoms with Crippen molar-refractivity contribution in [2.75, 3.05) is 13.7 Å². The lowest BCUT2D eigenvalue weighted by atomic mass is 10.1. The highest BCUT2D eigenvalue weighted by Crippen LogP contribution is 2.18. The topological polar surface area (TPSA) is 21.3 Å². The molecule has 0 saturated heterocycles. The zero-order valence-corrected chi connectivity index (χ0v) is 10.1. The van der Waals surface area contributed by atoms with Crippen LogP contribution in [0.15, 0.2) is 18.2 Å². The smallest absolute Gasteiger partial charge is 0.122 e. The number of rotatable bonds is 5. The molecule has 2 heteroatoms. The fourth-order valence-electron chi connectivity index (χ4n) is 1.53. The van der Waals surface area contributed by atoms with Crippen molar-refractivity contribution in [1.82, 2.24) is 5.32 Å². The van der Waals surface area contributed by atoms with Crippen LogP contribution in [0.5, 0.6) is 5.75 Å². The van der Waals surface area contributed by atoms with E-state index in [0.29, 0.717) is 6.04 Å². The van der Waals surface area contributed by atoms with E-state index < -0.39 is 0 Å². The molecule has 1 aromatic carbocycles. The van der Waals surface area contributed by atoms with Crippen LogP contribution in [0.2, 0.25) is 0 Å². The largest absolute Gasteiger partial charge is 0.496 e. The number of benzene rings is 1. The van der Waals surface area contributed by atoms with Crippen molar-refractivity contribution in [3.63, 3.8) is 0 Å². The second kappa shape index (κ2) is 5.76. The summed E-state index contributed by atoms with van der Waals surface area (Å²) in [5, 5.41) is 3.41. The fraction of sp³-hybridized carbons (Fsp3) is 0.538. The van der Waals surface area contributed by atoms with Crippen molar-refractivity contribution in [2.45, 2.75) is 33.2 Å². The van der Waals surface area contributed by atoms with E-state index in [4.69, 9.17) is 4.74 Å². The van der Waals surface area contributed by atoms with E-state index in [1.807, 2.05) is 0 Å². The molecule has 0 aliphatic heterocycles. The SMILES string of the molecule is COc1cc(CCNC(C)C)ccc1C. The number of hydrogen-bond acceptors (Lipinski definition) is 2. The lowest BCUT2D eigenvalue weighted by molar-refractivity contribution is 0.411. The molecule has 0 aliphatic rings. The maximum absolute atomic E-state index is 5.29. The van der Waals surface area contributed by atoms with Crippen LogP contribution in [-0.4, -0.2) is 19.7 Å². The Morgan fingerprint density at radius 1 is 1.33 bits per heavy atom. The molecule has 0 aliphatic carbocycles. The lowest BCUT2D eigenvalue weighted by Crippen LogP contribution is -2.24. The normalized spacial score (nSPS) is 10.7. The molecule has 0 atom stereocenters. The Hall–Kier alpha value is -1.02. The highest BCUT2D eigenvalue weighted by Gasteiger charge is 2.00. The van der Waals surface area contributed by atoms with E-state index in [0.717, 1.165) is 18.7 Å². The summed E-state index contributed by atoms with van der Waals surface area (Å²) >= 11 is 0. The average Bonchev–Trinajstić information content (AvgIpc) is 2.20. The molecular weight excluding hydrogens is 186 g/mol. The third-order valence-electron chi connectivity index (χ3n) is 2.44. The molecule has 0 aromatic heterocycles. The van der Waals surface area contributed by atoms with Gasteiger partial charge in [0.25, 0.3) is 0 Å². The van der Waals surface area contributed by atoms with Crippen molar-refractivity contribution in [3.8, 4) is 5.75 Å². The van der Waals surface area contributed by atoms with Gasteiger partial charge in [-0.15, -0.1) is 0 Å². The lowest BCUT2D eigenvalue weighted by Gasteiger charge is -2.10. The Bertz CT molecular complexity index is 307. The van der Waals surface area contributed by atoms with Gasteiger partial charge in [0.1, 0.15) is 5.75 Å². The second-order valence-electron chi connectivity index (χ2n) is 4.16. The van der Waals surface area contributed by atoms with Gasteiger partial charge < -0.3 is 10.1 Å². The third kappa shape index (κ3) is 3.92. The quantitative estimate of drug-likeness (QED) is 0.801. The number of ether oxygens (including phenoxy) is 1. The number of hydrogen-bond donors (Lipinski definition) is 1. The summed E-state index contributed by atoms with van der Waals surface area (Å²) < 4.78 is 5.29. The summed E-state index contributed by atoms with van der Waals surface area (Å²) in [6.45, 7) is 7.41. The molecule has 0 spiro atoms. The highest BCUT2D eigenvalue weighted by atomic mass is 16.5.